The number of rotatable bonds is 5. The van der Waals surface area contributed by atoms with Crippen LogP contribution in [0.5, 0.6) is 0 Å². The van der Waals surface area contributed by atoms with Gasteiger partial charge in [0.15, 0.2) is 6.61 Å². The molecule has 0 aliphatic carbocycles. The monoisotopic (exact) mass is 327 g/mol. The lowest BCUT2D eigenvalue weighted by molar-refractivity contribution is 0.0477. The molecule has 116 valence electrons. The molecule has 0 spiro atoms. The smallest absolute Gasteiger partial charge is 0.350 e. The van der Waals surface area contributed by atoms with Gasteiger partial charge in [0.05, 0.1) is 17.1 Å². The van der Waals surface area contributed by atoms with Crippen molar-refractivity contribution in [1.82, 2.24) is 15.0 Å². The van der Waals surface area contributed by atoms with E-state index in [0.717, 1.165) is 0 Å². The lowest BCUT2D eigenvalue weighted by Crippen LogP contribution is -2.14. The highest BCUT2D eigenvalue weighted by molar-refractivity contribution is 7.17. The molecule has 3 rings (SSSR count). The van der Waals surface area contributed by atoms with Gasteiger partial charge in [0.2, 0.25) is 5.78 Å². The van der Waals surface area contributed by atoms with Crippen LogP contribution in [0.4, 0.5) is 0 Å². The Morgan fingerprint density at radius 3 is 2.83 bits per heavy atom. The van der Waals surface area contributed by atoms with Crippen molar-refractivity contribution in [3.8, 4) is 10.7 Å². The van der Waals surface area contributed by atoms with E-state index in [0.29, 0.717) is 27.0 Å². The van der Waals surface area contributed by atoms with E-state index >= 15 is 0 Å². The highest BCUT2D eigenvalue weighted by Crippen LogP contribution is 2.26. The average Bonchev–Trinajstić information content (AvgIpc) is 3.23. The summed E-state index contributed by atoms with van der Waals surface area (Å²) in [6, 6.07) is 8.83. The molecule has 0 aromatic carbocycles. The van der Waals surface area contributed by atoms with Gasteiger partial charge in [0.25, 0.3) is 0 Å². The van der Waals surface area contributed by atoms with Crippen LogP contribution in [0.25, 0.3) is 10.7 Å². The zero-order valence-corrected chi connectivity index (χ0v) is 13.1. The number of esters is 1. The number of nitrogens with zero attached hydrogens (tertiary/aromatic N) is 2. The number of hydrogen-bond donors (Lipinski definition) is 1. The molecule has 6 nitrogen and oxygen atoms in total. The first-order valence-corrected chi connectivity index (χ1v) is 7.69. The fourth-order valence-electron chi connectivity index (χ4n) is 1.96. The summed E-state index contributed by atoms with van der Waals surface area (Å²) in [7, 11) is 0. The van der Waals surface area contributed by atoms with Gasteiger partial charge in [-0.3, -0.25) is 9.78 Å². The van der Waals surface area contributed by atoms with Gasteiger partial charge in [0, 0.05) is 12.4 Å². The molecule has 0 radical (unpaired) electrons. The van der Waals surface area contributed by atoms with E-state index in [2.05, 4.69) is 15.0 Å². The van der Waals surface area contributed by atoms with Crippen molar-refractivity contribution < 1.29 is 14.3 Å². The molecule has 0 aliphatic heterocycles. The molecule has 0 atom stereocenters. The van der Waals surface area contributed by atoms with Gasteiger partial charge < -0.3 is 9.72 Å². The van der Waals surface area contributed by atoms with E-state index in [4.69, 9.17) is 4.74 Å². The van der Waals surface area contributed by atoms with Crippen LogP contribution in [0, 0.1) is 6.92 Å². The second-order valence-electron chi connectivity index (χ2n) is 4.73. The molecule has 3 aromatic rings. The second-order valence-corrected chi connectivity index (χ2v) is 5.73. The van der Waals surface area contributed by atoms with Gasteiger partial charge in [-0.25, -0.2) is 9.78 Å². The van der Waals surface area contributed by atoms with E-state index in [-0.39, 0.29) is 12.4 Å². The maximum atomic E-state index is 12.1. The molecule has 0 amide bonds. The van der Waals surface area contributed by atoms with Crippen LogP contribution in [0.3, 0.4) is 0 Å². The van der Waals surface area contributed by atoms with Crippen LogP contribution in [0.15, 0.2) is 42.7 Å². The second kappa shape index (κ2) is 6.53. The van der Waals surface area contributed by atoms with Gasteiger partial charge in [0.1, 0.15) is 9.88 Å². The van der Waals surface area contributed by atoms with E-state index in [1.54, 1.807) is 31.5 Å². The Balaban J connectivity index is 1.70. The number of aryl methyl sites for hydroxylation is 1. The third-order valence-corrected chi connectivity index (χ3v) is 4.26. The van der Waals surface area contributed by atoms with Crippen LogP contribution in [-0.4, -0.2) is 33.3 Å². The first kappa shape index (κ1) is 15.1. The van der Waals surface area contributed by atoms with Crippen LogP contribution in [0.1, 0.15) is 25.9 Å². The molecular weight excluding hydrogens is 314 g/mol. The molecule has 3 aromatic heterocycles. The Morgan fingerprint density at radius 1 is 1.26 bits per heavy atom. The maximum Gasteiger partial charge on any atom is 0.350 e. The summed E-state index contributed by atoms with van der Waals surface area (Å²) in [6.07, 6.45) is 3.31. The van der Waals surface area contributed by atoms with Crippen molar-refractivity contribution in [3.63, 3.8) is 0 Å². The molecule has 1 N–H and O–H groups in total. The minimum Gasteiger partial charge on any atom is -0.453 e. The first-order chi connectivity index (χ1) is 11.1. The van der Waals surface area contributed by atoms with Crippen molar-refractivity contribution in [3.05, 3.63) is 59.0 Å². The number of nitrogens with one attached hydrogen (secondary N) is 1. The van der Waals surface area contributed by atoms with Crippen molar-refractivity contribution >= 4 is 23.1 Å². The van der Waals surface area contributed by atoms with Crippen LogP contribution < -0.4 is 0 Å². The topological polar surface area (TPSA) is 84.9 Å². The molecule has 3 heterocycles. The van der Waals surface area contributed by atoms with Gasteiger partial charge in [-0.1, -0.05) is 6.07 Å². The summed E-state index contributed by atoms with van der Waals surface area (Å²) in [5.41, 5.74) is 1.67. The summed E-state index contributed by atoms with van der Waals surface area (Å²) < 4.78 is 5.09. The molecule has 0 unspecified atom stereocenters. The zero-order chi connectivity index (χ0) is 16.2. The number of carbonyl (C=O) groups is 2. The van der Waals surface area contributed by atoms with Gasteiger partial charge >= 0.3 is 5.97 Å². The SMILES string of the molecule is Cc1nc(-c2ccccn2)sc1C(=O)OCC(=O)c1ccc[nH]1. The fraction of sp³-hybridized carbons (Fsp3) is 0.125. The van der Waals surface area contributed by atoms with E-state index in [1.165, 1.54) is 11.3 Å². The zero-order valence-electron chi connectivity index (χ0n) is 12.3. The summed E-state index contributed by atoms with van der Waals surface area (Å²) in [6.45, 7) is 1.42. The standard InChI is InChI=1S/C16H13N3O3S/c1-10-14(23-15(19-10)12-5-2-3-7-18-12)16(21)22-9-13(20)11-6-4-8-17-11/h2-8,17H,9H2,1H3. The highest BCUT2D eigenvalue weighted by atomic mass is 32.1. The molecule has 7 heteroatoms. The van der Waals surface area contributed by atoms with Crippen LogP contribution in [-0.2, 0) is 4.74 Å². The number of carbonyl (C=O) groups excluding carboxylic acids is 2. The van der Waals surface area contributed by atoms with E-state index in [1.807, 2.05) is 18.2 Å². The fourth-order valence-corrected chi connectivity index (χ4v) is 2.90. The number of ketones is 1. The van der Waals surface area contributed by atoms with Gasteiger partial charge in [-0.2, -0.15) is 0 Å². The minimum atomic E-state index is -0.554. The van der Waals surface area contributed by atoms with Gasteiger partial charge in [-0.15, -0.1) is 11.3 Å². The van der Waals surface area contributed by atoms with Crippen LogP contribution >= 0.6 is 11.3 Å². The molecule has 23 heavy (non-hydrogen) atoms. The number of ether oxygens (including phenoxy) is 1. The molecule has 0 aliphatic rings. The molecule has 0 bridgehead atoms. The number of pyridine rings is 1. The summed E-state index contributed by atoms with van der Waals surface area (Å²) >= 11 is 1.20. The van der Waals surface area contributed by atoms with E-state index < -0.39 is 5.97 Å². The number of hydrogen-bond acceptors (Lipinski definition) is 6. The average molecular weight is 327 g/mol. The summed E-state index contributed by atoms with van der Waals surface area (Å²) in [4.78, 5) is 35.7. The summed E-state index contributed by atoms with van der Waals surface area (Å²) in [5.74, 6) is -0.836. The van der Waals surface area contributed by atoms with Crippen LogP contribution in [0.2, 0.25) is 0 Å². The maximum absolute atomic E-state index is 12.1. The predicted octanol–water partition coefficient (Wildman–Crippen LogP) is 2.88. The van der Waals surface area contributed by atoms with Crippen molar-refractivity contribution in [2.24, 2.45) is 0 Å². The number of aromatic amines is 1. The Morgan fingerprint density at radius 2 is 2.13 bits per heavy atom. The third-order valence-electron chi connectivity index (χ3n) is 3.10. The lowest BCUT2D eigenvalue weighted by atomic mass is 10.3. The Bertz CT molecular complexity index is 826. The Hall–Kier alpha value is -2.80. The number of Topliss-reactive ketones (excluding diaryl/α,β-unsaturated/α-hetero) is 1. The van der Waals surface area contributed by atoms with Crippen molar-refractivity contribution in [2.75, 3.05) is 6.61 Å². The molecule has 0 fully saturated rings. The third kappa shape index (κ3) is 3.35. The Kier molecular flexibility index (Phi) is 4.29. The Labute approximate surface area is 136 Å². The minimum absolute atomic E-state index is 0.282. The van der Waals surface area contributed by atoms with Gasteiger partial charge in [-0.05, 0) is 31.2 Å². The lowest BCUT2D eigenvalue weighted by Gasteiger charge is -2.01. The molecule has 0 saturated heterocycles. The van der Waals surface area contributed by atoms with Crippen molar-refractivity contribution in [1.29, 1.82) is 0 Å². The molecule has 0 saturated carbocycles. The number of thiazole rings is 1. The normalized spacial score (nSPS) is 10.5. The highest BCUT2D eigenvalue weighted by Gasteiger charge is 2.19. The molecular formula is C16H13N3O3S. The quantitative estimate of drug-likeness (QED) is 0.575. The number of H-pyrrole nitrogens is 1. The largest absolute Gasteiger partial charge is 0.453 e. The number of aromatic nitrogens is 3. The summed E-state index contributed by atoms with van der Waals surface area (Å²) in [5, 5.41) is 0.644. The first-order valence-electron chi connectivity index (χ1n) is 6.87. The van der Waals surface area contributed by atoms with E-state index in [9.17, 15) is 9.59 Å². The predicted molar refractivity (Wildman–Crippen MR) is 85.5 cm³/mol. The van der Waals surface area contributed by atoms with Crippen molar-refractivity contribution in [2.45, 2.75) is 6.92 Å².